The van der Waals surface area contributed by atoms with Gasteiger partial charge in [-0.15, -0.1) is 0 Å². The van der Waals surface area contributed by atoms with Crippen molar-refractivity contribution in [3.63, 3.8) is 0 Å². The molecule has 1 aromatic rings. The van der Waals surface area contributed by atoms with Gasteiger partial charge in [0.25, 0.3) is 0 Å². The molecular weight excluding hydrogens is 278 g/mol. The molecule has 0 saturated heterocycles. The Bertz CT molecular complexity index is 513. The number of allylic oxidation sites excluding steroid dienone is 1. The number of carbonyl (C=O) groups is 1. The van der Waals surface area contributed by atoms with Crippen molar-refractivity contribution in [1.82, 2.24) is 0 Å². The third-order valence-electron chi connectivity index (χ3n) is 2.07. The highest BCUT2D eigenvalue weighted by Gasteiger charge is 2.37. The van der Waals surface area contributed by atoms with Crippen LogP contribution in [0.5, 0.6) is 0 Å². The first kappa shape index (κ1) is 15.1. The van der Waals surface area contributed by atoms with Crippen LogP contribution in [0, 0.1) is 0 Å². The molecule has 1 rings (SSSR count). The maximum absolute atomic E-state index is 12.6. The molecule has 0 aliphatic rings. The van der Waals surface area contributed by atoms with E-state index in [1.165, 1.54) is 0 Å². The van der Waals surface area contributed by atoms with Crippen LogP contribution in [-0.2, 0) is 11.0 Å². The number of halogens is 6. The van der Waals surface area contributed by atoms with Crippen LogP contribution in [0.2, 0.25) is 0 Å². The number of carboxylic acids is 1. The molecular formula is C11H6F6O2. The molecule has 0 spiro atoms. The number of rotatable bonds is 2. The van der Waals surface area contributed by atoms with E-state index in [-0.39, 0.29) is 12.1 Å². The zero-order chi connectivity index (χ0) is 14.8. The normalized spacial score (nSPS) is 13.5. The quantitative estimate of drug-likeness (QED) is 0.663. The second kappa shape index (κ2) is 4.94. The Morgan fingerprint density at radius 2 is 1.68 bits per heavy atom. The first-order valence-electron chi connectivity index (χ1n) is 4.71. The van der Waals surface area contributed by atoms with Crippen LogP contribution in [0.3, 0.4) is 0 Å². The fourth-order valence-electron chi connectivity index (χ4n) is 1.32. The van der Waals surface area contributed by atoms with Gasteiger partial charge in [-0.1, -0.05) is 12.1 Å². The fourth-order valence-corrected chi connectivity index (χ4v) is 1.32. The molecule has 2 nitrogen and oxygen atoms in total. The molecule has 0 heterocycles. The lowest BCUT2D eigenvalue weighted by atomic mass is 10.0. The summed E-state index contributed by atoms with van der Waals surface area (Å²) in [5.41, 5.74) is -3.79. The molecule has 0 aliphatic carbocycles. The van der Waals surface area contributed by atoms with E-state index in [2.05, 4.69) is 0 Å². The lowest BCUT2D eigenvalue weighted by Crippen LogP contribution is -2.14. The lowest BCUT2D eigenvalue weighted by Gasteiger charge is -2.13. The van der Waals surface area contributed by atoms with Gasteiger partial charge in [0.1, 0.15) is 0 Å². The molecule has 8 heteroatoms. The predicted octanol–water partition coefficient (Wildman–Crippen LogP) is 3.74. The summed E-state index contributed by atoms with van der Waals surface area (Å²) in [4.78, 5) is 10.3. The maximum Gasteiger partial charge on any atom is 0.417 e. The van der Waals surface area contributed by atoms with E-state index in [4.69, 9.17) is 5.11 Å². The number of carboxylic acid groups (broad SMARTS) is 1. The van der Waals surface area contributed by atoms with Gasteiger partial charge in [0, 0.05) is 6.08 Å². The first-order chi connectivity index (χ1) is 8.51. The van der Waals surface area contributed by atoms with Gasteiger partial charge in [0.2, 0.25) is 0 Å². The Hall–Kier alpha value is -1.99. The van der Waals surface area contributed by atoms with Gasteiger partial charge in [-0.05, 0) is 17.7 Å². The summed E-state index contributed by atoms with van der Waals surface area (Å²) in [7, 11) is 0. The molecule has 0 saturated carbocycles. The third-order valence-corrected chi connectivity index (χ3v) is 2.07. The van der Waals surface area contributed by atoms with Crippen molar-refractivity contribution < 1.29 is 36.2 Å². The van der Waals surface area contributed by atoms with E-state index in [1.54, 1.807) is 0 Å². The van der Waals surface area contributed by atoms with E-state index in [0.717, 1.165) is 12.1 Å². The molecule has 104 valence electrons. The Balaban J connectivity index is 3.37. The van der Waals surface area contributed by atoms with Crippen LogP contribution in [0.15, 0.2) is 30.3 Å². The highest BCUT2D eigenvalue weighted by Crippen LogP contribution is 2.36. The van der Waals surface area contributed by atoms with E-state index in [9.17, 15) is 31.1 Å². The van der Waals surface area contributed by atoms with E-state index < -0.39 is 35.0 Å². The van der Waals surface area contributed by atoms with Crippen molar-refractivity contribution in [3.8, 4) is 0 Å². The average Bonchev–Trinajstić information content (AvgIpc) is 2.23. The maximum atomic E-state index is 12.6. The lowest BCUT2D eigenvalue weighted by molar-refractivity contribution is -0.137. The molecule has 0 atom stereocenters. The average molecular weight is 284 g/mol. The van der Waals surface area contributed by atoms with E-state index >= 15 is 0 Å². The Kier molecular flexibility index (Phi) is 3.92. The summed E-state index contributed by atoms with van der Waals surface area (Å²) in [5.74, 6) is -1.90. The summed E-state index contributed by atoms with van der Waals surface area (Å²) in [5, 5.41) is 8.34. The second-order valence-electron chi connectivity index (χ2n) is 3.47. The van der Waals surface area contributed by atoms with Crippen LogP contribution in [0.25, 0.3) is 5.57 Å². The number of hydrogen-bond donors (Lipinski definition) is 1. The minimum Gasteiger partial charge on any atom is -0.478 e. The number of hydrogen-bond acceptors (Lipinski definition) is 1. The van der Waals surface area contributed by atoms with Gasteiger partial charge in [-0.3, -0.25) is 0 Å². The van der Waals surface area contributed by atoms with Crippen molar-refractivity contribution in [2.75, 3.05) is 0 Å². The molecule has 0 aromatic heterocycles. The Morgan fingerprint density at radius 1 is 1.11 bits per heavy atom. The monoisotopic (exact) mass is 284 g/mol. The minimum absolute atomic E-state index is 0.171. The van der Waals surface area contributed by atoms with Crippen molar-refractivity contribution in [3.05, 3.63) is 41.5 Å². The van der Waals surface area contributed by atoms with Crippen LogP contribution in [0.4, 0.5) is 26.3 Å². The van der Waals surface area contributed by atoms with Crippen molar-refractivity contribution in [2.45, 2.75) is 12.4 Å². The minimum atomic E-state index is -5.07. The van der Waals surface area contributed by atoms with Gasteiger partial charge in [0.05, 0.1) is 11.1 Å². The molecule has 0 bridgehead atoms. The van der Waals surface area contributed by atoms with Gasteiger partial charge < -0.3 is 5.11 Å². The number of benzene rings is 1. The van der Waals surface area contributed by atoms with Gasteiger partial charge >= 0.3 is 18.3 Å². The Morgan fingerprint density at radius 3 is 2.11 bits per heavy atom. The highest BCUT2D eigenvalue weighted by molar-refractivity contribution is 5.91. The molecule has 0 unspecified atom stereocenters. The predicted molar refractivity (Wildman–Crippen MR) is 53.1 cm³/mol. The van der Waals surface area contributed by atoms with Gasteiger partial charge in [0.15, 0.2) is 0 Å². The van der Waals surface area contributed by atoms with Crippen LogP contribution < -0.4 is 0 Å². The molecule has 0 aliphatic heterocycles. The summed E-state index contributed by atoms with van der Waals surface area (Å²) in [6.07, 6.45) is -10.0. The van der Waals surface area contributed by atoms with E-state index in [1.807, 2.05) is 0 Å². The summed E-state index contributed by atoms with van der Waals surface area (Å²) < 4.78 is 74.9. The number of alkyl halides is 6. The molecule has 1 N–H and O–H groups in total. The largest absolute Gasteiger partial charge is 0.478 e. The summed E-state index contributed by atoms with van der Waals surface area (Å²) in [6, 6.07) is 2.39. The molecule has 1 aromatic carbocycles. The standard InChI is InChI=1S/C11H6F6O2/c12-10(13,14)7-3-1-2-6(4-7)8(5-9(18)19)11(15,16)17/h1-5H,(H,18,19). The van der Waals surface area contributed by atoms with Crippen LogP contribution in [0.1, 0.15) is 11.1 Å². The highest BCUT2D eigenvalue weighted by atomic mass is 19.4. The van der Waals surface area contributed by atoms with Gasteiger partial charge in [-0.2, -0.15) is 26.3 Å². The van der Waals surface area contributed by atoms with Crippen molar-refractivity contribution in [1.29, 1.82) is 0 Å². The van der Waals surface area contributed by atoms with Gasteiger partial charge in [-0.25, -0.2) is 4.79 Å². The zero-order valence-corrected chi connectivity index (χ0v) is 9.01. The summed E-state index contributed by atoms with van der Waals surface area (Å²) in [6.45, 7) is 0. The Labute approximate surface area is 103 Å². The SMILES string of the molecule is O=C(O)C=C(c1cccc(C(F)(F)F)c1)C(F)(F)F. The molecule has 19 heavy (non-hydrogen) atoms. The topological polar surface area (TPSA) is 37.3 Å². The third kappa shape index (κ3) is 4.01. The van der Waals surface area contributed by atoms with E-state index in [0.29, 0.717) is 6.07 Å². The van der Waals surface area contributed by atoms with Crippen molar-refractivity contribution in [2.24, 2.45) is 0 Å². The smallest absolute Gasteiger partial charge is 0.417 e. The summed E-state index contributed by atoms with van der Waals surface area (Å²) >= 11 is 0. The first-order valence-corrected chi connectivity index (χ1v) is 4.71. The van der Waals surface area contributed by atoms with Crippen molar-refractivity contribution >= 4 is 11.5 Å². The van der Waals surface area contributed by atoms with Crippen LogP contribution >= 0.6 is 0 Å². The molecule has 0 amide bonds. The zero-order valence-electron chi connectivity index (χ0n) is 9.01. The second-order valence-corrected chi connectivity index (χ2v) is 3.47. The fraction of sp³-hybridized carbons (Fsp3) is 0.182. The number of aliphatic carboxylic acids is 1. The molecule has 0 radical (unpaired) electrons. The van der Waals surface area contributed by atoms with Crippen LogP contribution in [-0.4, -0.2) is 17.3 Å². The molecule has 0 fully saturated rings.